The second kappa shape index (κ2) is 10.6. The van der Waals surface area contributed by atoms with Gasteiger partial charge in [0.1, 0.15) is 0 Å². The molecule has 2 aliphatic rings. The molecule has 0 amide bonds. The zero-order chi connectivity index (χ0) is 26.1. The lowest BCUT2D eigenvalue weighted by Crippen LogP contribution is -2.36. The third kappa shape index (κ3) is 4.66. The number of nitrogens with one attached hydrogen (secondary N) is 1. The van der Waals surface area contributed by atoms with Crippen LogP contribution in [-0.4, -0.2) is 50.9 Å². The highest BCUT2D eigenvalue weighted by Crippen LogP contribution is 2.42. The standard InChI is InChI=1S/C30H32N6OS/c1-21-19-26(22(2)36(21)25-11-9-24(10-12-25)34-15-17-37-18-16-34)29-28(27-8-4-6-14-32-27)33-30(38)35(29)20-23-7-3-5-13-31-23/h3-14,19,28-29H,15-18,20H2,1-2H3,(H,33,38)/t28-,29+/m0/s1. The average molecular weight is 525 g/mol. The summed E-state index contributed by atoms with van der Waals surface area (Å²) in [5.41, 5.74) is 7.97. The summed E-state index contributed by atoms with van der Waals surface area (Å²) in [6.45, 7) is 8.43. The molecule has 8 heteroatoms. The van der Waals surface area contributed by atoms with E-state index in [0.717, 1.165) is 48.5 Å². The lowest BCUT2D eigenvalue weighted by atomic mass is 9.96. The number of aromatic nitrogens is 3. The van der Waals surface area contributed by atoms with Crippen LogP contribution >= 0.6 is 12.2 Å². The summed E-state index contributed by atoms with van der Waals surface area (Å²) in [6, 6.07) is 23.1. The molecule has 4 aromatic rings. The molecule has 0 radical (unpaired) electrons. The van der Waals surface area contributed by atoms with Crippen LogP contribution in [0, 0.1) is 13.8 Å². The van der Waals surface area contributed by atoms with Crippen LogP contribution < -0.4 is 10.2 Å². The lowest BCUT2D eigenvalue weighted by Gasteiger charge is -2.29. The Morgan fingerprint density at radius 2 is 1.63 bits per heavy atom. The lowest BCUT2D eigenvalue weighted by molar-refractivity contribution is 0.122. The molecule has 2 fully saturated rings. The highest BCUT2D eigenvalue weighted by molar-refractivity contribution is 7.80. The Balaban J connectivity index is 1.38. The van der Waals surface area contributed by atoms with Crippen LogP contribution in [0.2, 0.25) is 0 Å². The van der Waals surface area contributed by atoms with Gasteiger partial charge in [0.15, 0.2) is 5.11 Å². The van der Waals surface area contributed by atoms with Crippen molar-refractivity contribution in [2.24, 2.45) is 0 Å². The fourth-order valence-electron chi connectivity index (χ4n) is 5.70. The number of aryl methyl sites for hydroxylation is 1. The van der Waals surface area contributed by atoms with Crippen molar-refractivity contribution in [1.29, 1.82) is 0 Å². The van der Waals surface area contributed by atoms with Gasteiger partial charge < -0.3 is 24.4 Å². The molecule has 3 aromatic heterocycles. The molecule has 1 aromatic carbocycles. The molecule has 38 heavy (non-hydrogen) atoms. The summed E-state index contributed by atoms with van der Waals surface area (Å²) < 4.78 is 7.86. The van der Waals surface area contributed by atoms with Gasteiger partial charge in [0.05, 0.1) is 43.2 Å². The summed E-state index contributed by atoms with van der Waals surface area (Å²) in [6.07, 6.45) is 3.68. The van der Waals surface area contributed by atoms with Crippen molar-refractivity contribution in [3.63, 3.8) is 0 Å². The van der Waals surface area contributed by atoms with E-state index in [1.54, 1.807) is 0 Å². The first kappa shape index (κ1) is 24.6. The van der Waals surface area contributed by atoms with Crippen molar-refractivity contribution in [1.82, 2.24) is 24.8 Å². The quantitative estimate of drug-likeness (QED) is 0.360. The zero-order valence-corrected chi connectivity index (χ0v) is 22.6. The summed E-state index contributed by atoms with van der Waals surface area (Å²) in [7, 11) is 0. The van der Waals surface area contributed by atoms with Gasteiger partial charge in [-0.1, -0.05) is 12.1 Å². The summed E-state index contributed by atoms with van der Waals surface area (Å²) in [5, 5.41) is 4.29. The van der Waals surface area contributed by atoms with E-state index in [2.05, 4.69) is 74.9 Å². The van der Waals surface area contributed by atoms with E-state index >= 15 is 0 Å². The number of benzene rings is 1. The minimum atomic E-state index is -0.0648. The van der Waals surface area contributed by atoms with E-state index in [9.17, 15) is 0 Å². The van der Waals surface area contributed by atoms with Crippen molar-refractivity contribution in [3.8, 4) is 5.69 Å². The fourth-order valence-corrected chi connectivity index (χ4v) is 6.00. The Bertz CT molecular complexity index is 1400. The second-order valence-corrected chi connectivity index (χ2v) is 10.2. The summed E-state index contributed by atoms with van der Waals surface area (Å²) in [4.78, 5) is 13.9. The van der Waals surface area contributed by atoms with E-state index in [4.69, 9.17) is 21.9 Å². The summed E-state index contributed by atoms with van der Waals surface area (Å²) in [5.74, 6) is 0. The van der Waals surface area contributed by atoms with Gasteiger partial charge >= 0.3 is 0 Å². The molecule has 0 spiro atoms. The number of morpholine rings is 1. The van der Waals surface area contributed by atoms with Gasteiger partial charge in [-0.05, 0) is 86.2 Å². The number of hydrogen-bond acceptors (Lipinski definition) is 5. The third-order valence-corrected chi connectivity index (χ3v) is 7.88. The molecular formula is C30H32N6OS. The first-order valence-electron chi connectivity index (χ1n) is 13.1. The Hall–Kier alpha value is -3.75. The number of anilines is 1. The normalized spacial score (nSPS) is 19.6. The van der Waals surface area contributed by atoms with Gasteiger partial charge in [0, 0.05) is 48.2 Å². The molecule has 7 nitrogen and oxygen atoms in total. The van der Waals surface area contributed by atoms with Crippen LogP contribution in [0.5, 0.6) is 0 Å². The van der Waals surface area contributed by atoms with Gasteiger partial charge in [-0.25, -0.2) is 0 Å². The van der Waals surface area contributed by atoms with Crippen molar-refractivity contribution in [3.05, 3.63) is 107 Å². The van der Waals surface area contributed by atoms with Crippen LogP contribution in [0.15, 0.2) is 79.1 Å². The third-order valence-electron chi connectivity index (χ3n) is 7.53. The van der Waals surface area contributed by atoms with E-state index in [-0.39, 0.29) is 12.1 Å². The Labute approximate surface area is 229 Å². The highest BCUT2D eigenvalue weighted by atomic mass is 32.1. The van der Waals surface area contributed by atoms with Crippen LogP contribution in [-0.2, 0) is 11.3 Å². The largest absolute Gasteiger partial charge is 0.378 e. The summed E-state index contributed by atoms with van der Waals surface area (Å²) >= 11 is 5.89. The minimum absolute atomic E-state index is 0.0213. The number of rotatable bonds is 6. The molecule has 0 aliphatic carbocycles. The number of thiocarbonyl (C=S) groups is 1. The predicted octanol–water partition coefficient (Wildman–Crippen LogP) is 4.89. The highest BCUT2D eigenvalue weighted by Gasteiger charge is 2.41. The molecule has 0 bridgehead atoms. The fraction of sp³-hybridized carbons (Fsp3) is 0.300. The Kier molecular flexibility index (Phi) is 6.82. The van der Waals surface area contributed by atoms with E-state index in [0.29, 0.717) is 6.54 Å². The molecule has 0 unspecified atom stereocenters. The van der Waals surface area contributed by atoms with Crippen LogP contribution in [0.4, 0.5) is 5.69 Å². The maximum absolute atomic E-state index is 5.89. The monoisotopic (exact) mass is 524 g/mol. The number of nitrogens with zero attached hydrogens (tertiary/aromatic N) is 5. The van der Waals surface area contributed by atoms with Gasteiger partial charge in [0.25, 0.3) is 0 Å². The number of hydrogen-bond donors (Lipinski definition) is 1. The first-order valence-corrected chi connectivity index (χ1v) is 13.5. The number of ether oxygens (including phenoxy) is 1. The SMILES string of the molecule is Cc1cc([C@@H]2[C@H](c3ccccn3)NC(=S)N2Cc2ccccn2)c(C)n1-c1ccc(N2CCOCC2)cc1. The van der Waals surface area contributed by atoms with E-state index < -0.39 is 0 Å². The Morgan fingerprint density at radius 3 is 2.32 bits per heavy atom. The molecule has 194 valence electrons. The molecule has 5 heterocycles. The van der Waals surface area contributed by atoms with Gasteiger partial charge in [-0.2, -0.15) is 0 Å². The zero-order valence-electron chi connectivity index (χ0n) is 21.7. The molecule has 1 N–H and O–H groups in total. The average Bonchev–Trinajstić information content (AvgIpc) is 3.44. The predicted molar refractivity (Wildman–Crippen MR) is 154 cm³/mol. The molecule has 2 atom stereocenters. The molecule has 2 aliphatic heterocycles. The maximum Gasteiger partial charge on any atom is 0.170 e. The molecule has 0 saturated carbocycles. The molecule has 6 rings (SSSR count). The maximum atomic E-state index is 5.89. The van der Waals surface area contributed by atoms with Gasteiger partial charge in [-0.3, -0.25) is 9.97 Å². The number of pyridine rings is 2. The minimum Gasteiger partial charge on any atom is -0.378 e. The topological polar surface area (TPSA) is 58.5 Å². The van der Waals surface area contributed by atoms with Crippen LogP contribution in [0.1, 0.15) is 40.4 Å². The van der Waals surface area contributed by atoms with Crippen molar-refractivity contribution >= 4 is 23.0 Å². The van der Waals surface area contributed by atoms with E-state index in [1.807, 2.05) is 42.7 Å². The first-order chi connectivity index (χ1) is 18.6. The van der Waals surface area contributed by atoms with Gasteiger partial charge in [-0.15, -0.1) is 0 Å². The van der Waals surface area contributed by atoms with Crippen LogP contribution in [0.3, 0.4) is 0 Å². The Morgan fingerprint density at radius 1 is 0.921 bits per heavy atom. The van der Waals surface area contributed by atoms with Gasteiger partial charge in [0.2, 0.25) is 0 Å². The smallest absolute Gasteiger partial charge is 0.170 e. The van der Waals surface area contributed by atoms with Crippen molar-refractivity contribution in [2.45, 2.75) is 32.5 Å². The molecule has 2 saturated heterocycles. The second-order valence-electron chi connectivity index (χ2n) is 9.85. The van der Waals surface area contributed by atoms with Crippen LogP contribution in [0.25, 0.3) is 5.69 Å². The van der Waals surface area contributed by atoms with Crippen molar-refractivity contribution in [2.75, 3.05) is 31.2 Å². The van der Waals surface area contributed by atoms with E-state index in [1.165, 1.54) is 22.6 Å². The van der Waals surface area contributed by atoms with Crippen molar-refractivity contribution < 1.29 is 4.74 Å². The molecular weight excluding hydrogens is 492 g/mol.